The van der Waals surface area contributed by atoms with Crippen LogP contribution in [0.5, 0.6) is 11.5 Å². The molecule has 164 valence electrons. The quantitative estimate of drug-likeness (QED) is 0.519. The third-order valence-corrected chi connectivity index (χ3v) is 6.50. The monoisotopic (exact) mass is 434 g/mol. The molecule has 0 radical (unpaired) electrons. The molecular weight excluding hydrogens is 404 g/mol. The molecular formula is C22H30N2O5S. The number of unbranched alkanes of at least 4 members (excludes halogenated alkanes) is 1. The molecule has 1 N–H and O–H groups in total. The van der Waals surface area contributed by atoms with Crippen LogP contribution in [0, 0.1) is 0 Å². The molecule has 0 saturated carbocycles. The van der Waals surface area contributed by atoms with Gasteiger partial charge in [0.05, 0.1) is 25.7 Å². The predicted octanol–water partition coefficient (Wildman–Crippen LogP) is 2.85. The van der Waals surface area contributed by atoms with Gasteiger partial charge in [0, 0.05) is 19.2 Å². The van der Waals surface area contributed by atoms with Gasteiger partial charge in [0.25, 0.3) is 0 Å². The standard InChI is InChI=1S/C22H30N2O5S/c1-4-5-14-23-22(25)17-24(15-13-18-9-7-6-8-10-18)30(26,27)19-11-12-20(28-2)21(16-19)29-3/h6-12,16H,4-5,13-15,17H2,1-3H3,(H,23,25). The number of hydrogen-bond acceptors (Lipinski definition) is 5. The molecule has 0 bridgehead atoms. The fourth-order valence-corrected chi connectivity index (χ4v) is 4.34. The number of sulfonamides is 1. The van der Waals surface area contributed by atoms with Crippen LogP contribution in [0.4, 0.5) is 0 Å². The second kappa shape index (κ2) is 11.6. The zero-order valence-electron chi connectivity index (χ0n) is 17.8. The molecule has 0 aliphatic carbocycles. The SMILES string of the molecule is CCCCNC(=O)CN(CCc1ccccc1)S(=O)(=O)c1ccc(OC)c(OC)c1. The molecule has 0 heterocycles. The average molecular weight is 435 g/mol. The normalized spacial score (nSPS) is 11.3. The summed E-state index contributed by atoms with van der Waals surface area (Å²) in [5, 5.41) is 2.79. The molecule has 7 nitrogen and oxygen atoms in total. The highest BCUT2D eigenvalue weighted by Gasteiger charge is 2.27. The highest BCUT2D eigenvalue weighted by atomic mass is 32.2. The van der Waals surface area contributed by atoms with Crippen molar-refractivity contribution in [2.24, 2.45) is 0 Å². The van der Waals surface area contributed by atoms with Crippen LogP contribution in [0.3, 0.4) is 0 Å². The minimum atomic E-state index is -3.92. The smallest absolute Gasteiger partial charge is 0.243 e. The van der Waals surface area contributed by atoms with Crippen LogP contribution in [0.1, 0.15) is 25.3 Å². The van der Waals surface area contributed by atoms with Gasteiger partial charge in [-0.05, 0) is 30.5 Å². The van der Waals surface area contributed by atoms with Crippen molar-refractivity contribution in [3.8, 4) is 11.5 Å². The Morgan fingerprint density at radius 2 is 1.73 bits per heavy atom. The number of carbonyl (C=O) groups is 1. The Morgan fingerprint density at radius 1 is 1.03 bits per heavy atom. The summed E-state index contributed by atoms with van der Waals surface area (Å²) in [6.07, 6.45) is 2.29. The van der Waals surface area contributed by atoms with Crippen molar-refractivity contribution >= 4 is 15.9 Å². The van der Waals surface area contributed by atoms with E-state index in [0.29, 0.717) is 24.5 Å². The number of hydrogen-bond donors (Lipinski definition) is 1. The van der Waals surface area contributed by atoms with E-state index < -0.39 is 10.0 Å². The third-order valence-electron chi connectivity index (χ3n) is 4.66. The lowest BCUT2D eigenvalue weighted by Crippen LogP contribution is -2.42. The summed E-state index contributed by atoms with van der Waals surface area (Å²) in [5.74, 6) is 0.430. The van der Waals surface area contributed by atoms with E-state index in [-0.39, 0.29) is 23.9 Å². The van der Waals surface area contributed by atoms with Crippen molar-refractivity contribution in [1.82, 2.24) is 9.62 Å². The molecule has 0 saturated heterocycles. The first kappa shape index (κ1) is 23.7. The molecule has 0 atom stereocenters. The lowest BCUT2D eigenvalue weighted by molar-refractivity contribution is -0.121. The van der Waals surface area contributed by atoms with Gasteiger partial charge in [0.15, 0.2) is 11.5 Å². The van der Waals surface area contributed by atoms with Crippen LogP contribution in [0.15, 0.2) is 53.4 Å². The number of nitrogens with one attached hydrogen (secondary N) is 1. The van der Waals surface area contributed by atoms with Crippen molar-refractivity contribution in [2.75, 3.05) is 33.9 Å². The van der Waals surface area contributed by atoms with Gasteiger partial charge in [-0.3, -0.25) is 4.79 Å². The van der Waals surface area contributed by atoms with E-state index in [2.05, 4.69) is 5.32 Å². The Hall–Kier alpha value is -2.58. The Bertz CT molecular complexity index is 916. The van der Waals surface area contributed by atoms with Crippen LogP contribution < -0.4 is 14.8 Å². The first-order valence-corrected chi connectivity index (χ1v) is 11.4. The lowest BCUT2D eigenvalue weighted by Gasteiger charge is -2.22. The Balaban J connectivity index is 2.27. The van der Waals surface area contributed by atoms with Gasteiger partial charge >= 0.3 is 0 Å². The van der Waals surface area contributed by atoms with Gasteiger partial charge < -0.3 is 14.8 Å². The molecule has 8 heteroatoms. The second-order valence-electron chi connectivity index (χ2n) is 6.79. The Labute approximate surface area is 179 Å². The number of methoxy groups -OCH3 is 2. The first-order valence-electron chi connectivity index (χ1n) is 9.95. The van der Waals surface area contributed by atoms with Crippen LogP contribution in [-0.4, -0.2) is 52.5 Å². The van der Waals surface area contributed by atoms with Crippen molar-refractivity contribution in [2.45, 2.75) is 31.1 Å². The van der Waals surface area contributed by atoms with Gasteiger partial charge in [0.1, 0.15) is 0 Å². The maximum Gasteiger partial charge on any atom is 0.243 e. The van der Waals surface area contributed by atoms with Gasteiger partial charge in [0.2, 0.25) is 15.9 Å². The fourth-order valence-electron chi connectivity index (χ4n) is 2.93. The van der Waals surface area contributed by atoms with Gasteiger partial charge in [-0.25, -0.2) is 8.42 Å². The Morgan fingerprint density at radius 3 is 2.37 bits per heavy atom. The Kier molecular flexibility index (Phi) is 9.14. The third kappa shape index (κ3) is 6.47. The van der Waals surface area contributed by atoms with Crippen molar-refractivity contribution in [1.29, 1.82) is 0 Å². The highest BCUT2D eigenvalue weighted by Crippen LogP contribution is 2.30. The molecule has 2 rings (SSSR count). The minimum absolute atomic E-state index is 0.0505. The fraction of sp³-hybridized carbons (Fsp3) is 0.409. The largest absolute Gasteiger partial charge is 0.493 e. The van der Waals surface area contributed by atoms with E-state index in [4.69, 9.17) is 9.47 Å². The number of amides is 1. The van der Waals surface area contributed by atoms with Crippen molar-refractivity contribution in [3.63, 3.8) is 0 Å². The number of carbonyl (C=O) groups excluding carboxylic acids is 1. The predicted molar refractivity (Wildman–Crippen MR) is 116 cm³/mol. The molecule has 0 aliphatic rings. The molecule has 2 aromatic rings. The molecule has 0 fully saturated rings. The van der Waals surface area contributed by atoms with Crippen LogP contribution in [0.2, 0.25) is 0 Å². The minimum Gasteiger partial charge on any atom is -0.493 e. The number of rotatable bonds is 12. The summed E-state index contributed by atoms with van der Waals surface area (Å²) in [4.78, 5) is 12.4. The van der Waals surface area contributed by atoms with Crippen molar-refractivity contribution < 1.29 is 22.7 Å². The molecule has 0 aromatic heterocycles. The van der Waals surface area contributed by atoms with Crippen molar-refractivity contribution in [3.05, 3.63) is 54.1 Å². The van der Waals surface area contributed by atoms with Crippen LogP contribution in [0.25, 0.3) is 0 Å². The summed E-state index contributed by atoms with van der Waals surface area (Å²) in [6.45, 7) is 2.49. The number of benzene rings is 2. The highest BCUT2D eigenvalue weighted by molar-refractivity contribution is 7.89. The summed E-state index contributed by atoms with van der Waals surface area (Å²) in [7, 11) is -0.986. The number of nitrogens with zero attached hydrogens (tertiary/aromatic N) is 1. The van der Waals surface area contributed by atoms with E-state index >= 15 is 0 Å². The second-order valence-corrected chi connectivity index (χ2v) is 8.73. The van der Waals surface area contributed by atoms with Gasteiger partial charge in [-0.15, -0.1) is 0 Å². The van der Waals surface area contributed by atoms with Gasteiger partial charge in [-0.1, -0.05) is 43.7 Å². The molecule has 2 aromatic carbocycles. The topological polar surface area (TPSA) is 84.9 Å². The van der Waals surface area contributed by atoms with E-state index in [0.717, 1.165) is 18.4 Å². The van der Waals surface area contributed by atoms with E-state index in [1.807, 2.05) is 37.3 Å². The van der Waals surface area contributed by atoms with Crippen LogP contribution in [-0.2, 0) is 21.2 Å². The first-order chi connectivity index (χ1) is 14.4. The molecule has 0 aliphatic heterocycles. The maximum atomic E-state index is 13.3. The van der Waals surface area contributed by atoms with E-state index in [1.165, 1.54) is 30.7 Å². The molecule has 0 spiro atoms. The lowest BCUT2D eigenvalue weighted by atomic mass is 10.1. The summed E-state index contributed by atoms with van der Waals surface area (Å²) in [5.41, 5.74) is 0.997. The molecule has 30 heavy (non-hydrogen) atoms. The summed E-state index contributed by atoms with van der Waals surface area (Å²) < 4.78 is 38.3. The number of ether oxygens (including phenoxy) is 2. The zero-order valence-corrected chi connectivity index (χ0v) is 18.6. The average Bonchev–Trinajstić information content (AvgIpc) is 2.76. The van der Waals surface area contributed by atoms with E-state index in [1.54, 1.807) is 6.07 Å². The van der Waals surface area contributed by atoms with Crippen LogP contribution >= 0.6 is 0 Å². The summed E-state index contributed by atoms with van der Waals surface area (Å²) in [6, 6.07) is 14.0. The van der Waals surface area contributed by atoms with E-state index in [9.17, 15) is 13.2 Å². The summed E-state index contributed by atoms with van der Waals surface area (Å²) >= 11 is 0. The zero-order chi connectivity index (χ0) is 22.0. The molecule has 0 unspecified atom stereocenters. The molecule has 1 amide bonds. The van der Waals surface area contributed by atoms with Gasteiger partial charge in [-0.2, -0.15) is 4.31 Å². The maximum absolute atomic E-state index is 13.3.